The van der Waals surface area contributed by atoms with Gasteiger partial charge in [-0.25, -0.2) is 4.39 Å². The Labute approximate surface area is 119 Å². The van der Waals surface area contributed by atoms with Crippen LogP contribution in [0.25, 0.3) is 0 Å². The monoisotopic (exact) mass is 275 g/mol. The number of nitrogens with zero attached hydrogens (tertiary/aromatic N) is 2. The average Bonchev–Trinajstić information content (AvgIpc) is 2.65. The van der Waals surface area contributed by atoms with E-state index in [9.17, 15) is 4.39 Å². The largest absolute Gasteiger partial charge is 0.313 e. The average molecular weight is 275 g/mol. The Hall–Kier alpha value is -1.68. The van der Waals surface area contributed by atoms with E-state index in [2.05, 4.69) is 17.3 Å². The number of hydrogen-bond acceptors (Lipinski definition) is 2. The molecule has 0 amide bonds. The molecule has 1 unspecified atom stereocenters. The van der Waals surface area contributed by atoms with Crippen molar-refractivity contribution >= 4 is 0 Å². The maximum absolute atomic E-state index is 13.3. The lowest BCUT2D eigenvalue weighted by Gasteiger charge is -2.17. The molecule has 0 aliphatic heterocycles. The Balaban J connectivity index is 2.11. The molecule has 1 atom stereocenters. The SMILES string of the molecule is CNC(CCc1c(C)nn(C)c1C)c1cccc(F)c1. The highest BCUT2D eigenvalue weighted by Gasteiger charge is 2.14. The van der Waals surface area contributed by atoms with Gasteiger partial charge in [0.15, 0.2) is 0 Å². The Kier molecular flexibility index (Phi) is 4.55. The van der Waals surface area contributed by atoms with Gasteiger partial charge in [-0.15, -0.1) is 0 Å². The zero-order valence-corrected chi connectivity index (χ0v) is 12.6. The van der Waals surface area contributed by atoms with Crippen LogP contribution in [0.1, 0.15) is 35.0 Å². The fourth-order valence-electron chi connectivity index (χ4n) is 2.67. The van der Waals surface area contributed by atoms with Gasteiger partial charge in [-0.2, -0.15) is 5.10 Å². The fourth-order valence-corrected chi connectivity index (χ4v) is 2.67. The highest BCUT2D eigenvalue weighted by atomic mass is 19.1. The molecule has 0 aliphatic rings. The summed E-state index contributed by atoms with van der Waals surface area (Å²) in [5.74, 6) is -0.184. The van der Waals surface area contributed by atoms with Gasteiger partial charge in [0.05, 0.1) is 5.69 Å². The third kappa shape index (κ3) is 3.07. The molecule has 3 nitrogen and oxygen atoms in total. The van der Waals surface area contributed by atoms with Gasteiger partial charge in [0, 0.05) is 18.8 Å². The molecule has 108 valence electrons. The minimum absolute atomic E-state index is 0.157. The molecule has 0 radical (unpaired) electrons. The van der Waals surface area contributed by atoms with Crippen LogP contribution in [0, 0.1) is 19.7 Å². The van der Waals surface area contributed by atoms with Crippen LogP contribution in [0.3, 0.4) is 0 Å². The third-order valence-corrected chi connectivity index (χ3v) is 3.94. The fraction of sp³-hybridized carbons (Fsp3) is 0.438. The van der Waals surface area contributed by atoms with E-state index in [-0.39, 0.29) is 11.9 Å². The summed E-state index contributed by atoms with van der Waals surface area (Å²) in [4.78, 5) is 0. The predicted octanol–water partition coefficient (Wildman–Crippen LogP) is 3.07. The second-order valence-electron chi connectivity index (χ2n) is 5.21. The predicted molar refractivity (Wildman–Crippen MR) is 79.2 cm³/mol. The second-order valence-corrected chi connectivity index (χ2v) is 5.21. The lowest BCUT2D eigenvalue weighted by atomic mass is 9.98. The molecule has 0 fully saturated rings. The van der Waals surface area contributed by atoms with Crippen LogP contribution in [-0.2, 0) is 13.5 Å². The summed E-state index contributed by atoms with van der Waals surface area (Å²) in [5.41, 5.74) is 4.58. The molecule has 4 heteroatoms. The lowest BCUT2D eigenvalue weighted by molar-refractivity contribution is 0.541. The number of hydrogen-bond donors (Lipinski definition) is 1. The minimum atomic E-state index is -0.184. The van der Waals surface area contributed by atoms with Crippen molar-refractivity contribution in [2.24, 2.45) is 7.05 Å². The van der Waals surface area contributed by atoms with Gasteiger partial charge in [-0.3, -0.25) is 4.68 Å². The van der Waals surface area contributed by atoms with Crippen molar-refractivity contribution in [2.45, 2.75) is 32.7 Å². The molecular weight excluding hydrogens is 253 g/mol. The van der Waals surface area contributed by atoms with E-state index >= 15 is 0 Å². The zero-order chi connectivity index (χ0) is 14.7. The van der Waals surface area contributed by atoms with E-state index < -0.39 is 0 Å². The topological polar surface area (TPSA) is 29.9 Å². The Morgan fingerprint density at radius 3 is 2.65 bits per heavy atom. The Bertz CT molecular complexity index is 589. The highest BCUT2D eigenvalue weighted by molar-refractivity contribution is 5.26. The van der Waals surface area contributed by atoms with Gasteiger partial charge in [-0.05, 0) is 57.0 Å². The molecule has 0 saturated carbocycles. The third-order valence-electron chi connectivity index (χ3n) is 3.94. The van der Waals surface area contributed by atoms with Crippen molar-refractivity contribution < 1.29 is 4.39 Å². The van der Waals surface area contributed by atoms with Crippen molar-refractivity contribution in [3.8, 4) is 0 Å². The number of aromatic nitrogens is 2. The smallest absolute Gasteiger partial charge is 0.123 e. The molecule has 0 spiro atoms. The van der Waals surface area contributed by atoms with E-state index in [0.29, 0.717) is 0 Å². The maximum atomic E-state index is 13.3. The first kappa shape index (κ1) is 14.7. The quantitative estimate of drug-likeness (QED) is 0.909. The number of nitrogens with one attached hydrogen (secondary N) is 1. The molecule has 0 aliphatic carbocycles. The Morgan fingerprint density at radius 1 is 1.35 bits per heavy atom. The van der Waals surface area contributed by atoms with Crippen LogP contribution in [-0.4, -0.2) is 16.8 Å². The highest BCUT2D eigenvalue weighted by Crippen LogP contribution is 2.22. The molecule has 2 rings (SSSR count). The Morgan fingerprint density at radius 2 is 2.10 bits per heavy atom. The van der Waals surface area contributed by atoms with E-state index in [1.807, 2.05) is 31.8 Å². The molecule has 0 saturated heterocycles. The van der Waals surface area contributed by atoms with Crippen molar-refractivity contribution in [3.63, 3.8) is 0 Å². The van der Waals surface area contributed by atoms with Crippen molar-refractivity contribution in [1.29, 1.82) is 0 Å². The number of aryl methyl sites for hydroxylation is 2. The summed E-state index contributed by atoms with van der Waals surface area (Å²) in [6.45, 7) is 4.13. The lowest BCUT2D eigenvalue weighted by Crippen LogP contribution is -2.17. The van der Waals surface area contributed by atoms with Crippen molar-refractivity contribution in [2.75, 3.05) is 7.05 Å². The summed E-state index contributed by atoms with van der Waals surface area (Å²) in [6, 6.07) is 6.96. The summed E-state index contributed by atoms with van der Waals surface area (Å²) in [7, 11) is 3.88. The summed E-state index contributed by atoms with van der Waals surface area (Å²) in [6.07, 6.45) is 1.86. The van der Waals surface area contributed by atoms with Gasteiger partial charge in [0.1, 0.15) is 5.82 Å². The standard InChI is InChI=1S/C16H22FN3/c1-11-15(12(2)20(4)19-11)8-9-16(18-3)13-6-5-7-14(17)10-13/h5-7,10,16,18H,8-9H2,1-4H3. The molecular formula is C16H22FN3. The molecule has 1 aromatic heterocycles. The summed E-state index contributed by atoms with van der Waals surface area (Å²) >= 11 is 0. The van der Waals surface area contributed by atoms with Gasteiger partial charge >= 0.3 is 0 Å². The molecule has 2 aromatic rings. The van der Waals surface area contributed by atoms with Gasteiger partial charge in [0.25, 0.3) is 0 Å². The van der Waals surface area contributed by atoms with E-state index in [4.69, 9.17) is 0 Å². The number of halogens is 1. The van der Waals surface area contributed by atoms with Crippen LogP contribution in [0.2, 0.25) is 0 Å². The molecule has 0 bridgehead atoms. The molecule has 1 heterocycles. The second kappa shape index (κ2) is 6.18. The number of rotatable bonds is 5. The summed E-state index contributed by atoms with van der Waals surface area (Å²) < 4.78 is 15.2. The first-order chi connectivity index (χ1) is 9.52. The van der Waals surface area contributed by atoms with Gasteiger partial charge < -0.3 is 5.32 Å². The first-order valence-electron chi connectivity index (χ1n) is 6.94. The van der Waals surface area contributed by atoms with Crippen LogP contribution < -0.4 is 5.32 Å². The van der Waals surface area contributed by atoms with Crippen LogP contribution in [0.4, 0.5) is 4.39 Å². The van der Waals surface area contributed by atoms with E-state index in [1.54, 1.807) is 12.1 Å². The normalized spacial score (nSPS) is 12.7. The zero-order valence-electron chi connectivity index (χ0n) is 12.6. The van der Waals surface area contributed by atoms with Crippen molar-refractivity contribution in [3.05, 3.63) is 52.6 Å². The van der Waals surface area contributed by atoms with Gasteiger partial charge in [0.2, 0.25) is 0 Å². The maximum Gasteiger partial charge on any atom is 0.123 e. The molecule has 20 heavy (non-hydrogen) atoms. The minimum Gasteiger partial charge on any atom is -0.313 e. The van der Waals surface area contributed by atoms with E-state index in [1.165, 1.54) is 17.3 Å². The van der Waals surface area contributed by atoms with Crippen LogP contribution in [0.15, 0.2) is 24.3 Å². The van der Waals surface area contributed by atoms with Gasteiger partial charge in [-0.1, -0.05) is 12.1 Å². The summed E-state index contributed by atoms with van der Waals surface area (Å²) in [5, 5.41) is 7.71. The molecule has 1 N–H and O–H groups in total. The van der Waals surface area contributed by atoms with E-state index in [0.717, 1.165) is 24.1 Å². The van der Waals surface area contributed by atoms with Crippen LogP contribution in [0.5, 0.6) is 0 Å². The first-order valence-corrected chi connectivity index (χ1v) is 6.94. The van der Waals surface area contributed by atoms with Crippen LogP contribution >= 0.6 is 0 Å². The molecule has 1 aromatic carbocycles. The number of benzene rings is 1. The van der Waals surface area contributed by atoms with Crippen molar-refractivity contribution in [1.82, 2.24) is 15.1 Å².